The molecule has 0 radical (unpaired) electrons. The molecule has 0 spiro atoms. The molecule has 1 aromatic carbocycles. The second-order valence-electron chi connectivity index (χ2n) is 3.75. The van der Waals surface area contributed by atoms with Gasteiger partial charge in [0.05, 0.1) is 5.56 Å². The molecule has 1 unspecified atom stereocenters. The Balaban J connectivity index is 3.23. The van der Waals surface area contributed by atoms with Crippen molar-refractivity contribution in [3.05, 3.63) is 35.1 Å². The molecule has 96 valence electrons. The van der Waals surface area contributed by atoms with Crippen LogP contribution in [0.15, 0.2) is 18.2 Å². The maximum Gasteiger partial charge on any atom is 0.416 e. The molecule has 0 amide bonds. The van der Waals surface area contributed by atoms with Crippen molar-refractivity contribution in [2.45, 2.75) is 32.5 Å². The highest BCUT2D eigenvalue weighted by molar-refractivity contribution is 5.33. The van der Waals surface area contributed by atoms with Crippen molar-refractivity contribution in [3.8, 4) is 0 Å². The van der Waals surface area contributed by atoms with E-state index in [0.29, 0.717) is 13.0 Å². The number of nitrogens with one attached hydrogen (secondary N) is 1. The Bertz CT molecular complexity index is 373. The fourth-order valence-electron chi connectivity index (χ4n) is 1.80. The molecule has 1 atom stereocenters. The summed E-state index contributed by atoms with van der Waals surface area (Å²) in [5.41, 5.74) is -0.798. The summed E-state index contributed by atoms with van der Waals surface area (Å²) in [6.07, 6.45) is -3.98. The molecule has 5 heteroatoms. The van der Waals surface area contributed by atoms with E-state index in [4.69, 9.17) is 0 Å². The van der Waals surface area contributed by atoms with Crippen molar-refractivity contribution in [2.24, 2.45) is 0 Å². The van der Waals surface area contributed by atoms with Crippen molar-refractivity contribution >= 4 is 0 Å². The van der Waals surface area contributed by atoms with Crippen LogP contribution in [0.1, 0.15) is 37.4 Å². The summed E-state index contributed by atoms with van der Waals surface area (Å²) in [4.78, 5) is 0. The fraction of sp³-hybridized carbons (Fsp3) is 0.500. The zero-order chi connectivity index (χ0) is 13.1. The van der Waals surface area contributed by atoms with E-state index in [2.05, 4.69) is 5.32 Å². The van der Waals surface area contributed by atoms with Gasteiger partial charge in [-0.1, -0.05) is 13.8 Å². The van der Waals surface area contributed by atoms with E-state index in [9.17, 15) is 17.6 Å². The lowest BCUT2D eigenvalue weighted by atomic mass is 9.97. The molecule has 17 heavy (non-hydrogen) atoms. The summed E-state index contributed by atoms with van der Waals surface area (Å²) in [6, 6.07) is 2.11. The summed E-state index contributed by atoms with van der Waals surface area (Å²) < 4.78 is 51.4. The summed E-state index contributed by atoms with van der Waals surface area (Å²) in [7, 11) is 0. The smallest absolute Gasteiger partial charge is 0.310 e. The fourth-order valence-corrected chi connectivity index (χ4v) is 1.80. The Morgan fingerprint density at radius 3 is 2.35 bits per heavy atom. The lowest BCUT2D eigenvalue weighted by Gasteiger charge is -2.21. The first-order chi connectivity index (χ1) is 7.90. The molecule has 0 saturated carbocycles. The predicted octanol–water partition coefficient (Wildman–Crippen LogP) is 3.91. The van der Waals surface area contributed by atoms with Crippen LogP contribution in [0.3, 0.4) is 0 Å². The van der Waals surface area contributed by atoms with Gasteiger partial charge in [-0.15, -0.1) is 0 Å². The van der Waals surface area contributed by atoms with Crippen LogP contribution in [0.2, 0.25) is 0 Å². The van der Waals surface area contributed by atoms with Gasteiger partial charge >= 0.3 is 6.18 Å². The molecule has 1 aromatic rings. The van der Waals surface area contributed by atoms with Gasteiger partial charge in [-0.05, 0) is 36.7 Å². The SMILES string of the molecule is CCNC(CC)c1cc(F)ccc1C(F)(F)F. The van der Waals surface area contributed by atoms with Crippen LogP contribution in [0.25, 0.3) is 0 Å². The second-order valence-corrected chi connectivity index (χ2v) is 3.75. The topological polar surface area (TPSA) is 12.0 Å². The maximum atomic E-state index is 13.1. The van der Waals surface area contributed by atoms with Crippen molar-refractivity contribution in [2.75, 3.05) is 6.54 Å². The van der Waals surface area contributed by atoms with Crippen LogP contribution in [0.5, 0.6) is 0 Å². The number of alkyl halides is 3. The Kier molecular flexibility index (Phi) is 4.51. The molecule has 1 rings (SSSR count). The summed E-state index contributed by atoms with van der Waals surface area (Å²) >= 11 is 0. The van der Waals surface area contributed by atoms with Crippen LogP contribution in [0.4, 0.5) is 17.6 Å². The largest absolute Gasteiger partial charge is 0.416 e. The number of halogens is 4. The van der Waals surface area contributed by atoms with Gasteiger partial charge in [-0.2, -0.15) is 13.2 Å². The predicted molar refractivity (Wildman–Crippen MR) is 58.1 cm³/mol. The summed E-state index contributed by atoms with van der Waals surface area (Å²) in [5, 5.41) is 2.92. The van der Waals surface area contributed by atoms with Crippen LogP contribution >= 0.6 is 0 Å². The van der Waals surface area contributed by atoms with Gasteiger partial charge in [0.1, 0.15) is 5.82 Å². The van der Waals surface area contributed by atoms with Crippen LogP contribution in [0, 0.1) is 5.82 Å². The highest BCUT2D eigenvalue weighted by Gasteiger charge is 2.34. The minimum atomic E-state index is -4.45. The van der Waals surface area contributed by atoms with E-state index in [-0.39, 0.29) is 5.56 Å². The van der Waals surface area contributed by atoms with Crippen LogP contribution < -0.4 is 5.32 Å². The third-order valence-electron chi connectivity index (χ3n) is 2.55. The van der Waals surface area contributed by atoms with Gasteiger partial charge in [0.2, 0.25) is 0 Å². The van der Waals surface area contributed by atoms with Gasteiger partial charge < -0.3 is 5.32 Å². The molecule has 0 bridgehead atoms. The van der Waals surface area contributed by atoms with E-state index < -0.39 is 23.6 Å². The van der Waals surface area contributed by atoms with Crippen molar-refractivity contribution in [1.29, 1.82) is 0 Å². The molecular weight excluding hydrogens is 234 g/mol. The van der Waals surface area contributed by atoms with Gasteiger partial charge in [0.15, 0.2) is 0 Å². The average Bonchev–Trinajstić information content (AvgIpc) is 2.24. The van der Waals surface area contributed by atoms with Crippen LogP contribution in [-0.4, -0.2) is 6.54 Å². The number of hydrogen-bond acceptors (Lipinski definition) is 1. The first kappa shape index (κ1) is 14.0. The van der Waals surface area contributed by atoms with E-state index >= 15 is 0 Å². The van der Waals surface area contributed by atoms with E-state index in [1.807, 2.05) is 0 Å². The molecule has 0 aromatic heterocycles. The second kappa shape index (κ2) is 5.49. The summed E-state index contributed by atoms with van der Waals surface area (Å²) in [6.45, 7) is 4.10. The Hall–Kier alpha value is -1.10. The first-order valence-corrected chi connectivity index (χ1v) is 5.50. The third-order valence-corrected chi connectivity index (χ3v) is 2.55. The highest BCUT2D eigenvalue weighted by atomic mass is 19.4. The average molecular weight is 249 g/mol. The molecular formula is C12H15F4N. The highest BCUT2D eigenvalue weighted by Crippen LogP contribution is 2.35. The molecule has 0 fully saturated rings. The number of hydrogen-bond donors (Lipinski definition) is 1. The first-order valence-electron chi connectivity index (χ1n) is 5.50. The minimum absolute atomic E-state index is 0.0261. The van der Waals surface area contributed by atoms with Crippen molar-refractivity contribution in [3.63, 3.8) is 0 Å². The molecule has 0 aliphatic rings. The molecule has 1 nitrogen and oxygen atoms in total. The molecule has 0 heterocycles. The van der Waals surface area contributed by atoms with Gasteiger partial charge in [0, 0.05) is 6.04 Å². The zero-order valence-electron chi connectivity index (χ0n) is 9.74. The van der Waals surface area contributed by atoms with E-state index in [1.165, 1.54) is 0 Å². The number of rotatable bonds is 4. The number of benzene rings is 1. The molecule has 0 aliphatic carbocycles. The third kappa shape index (κ3) is 3.43. The van der Waals surface area contributed by atoms with Crippen molar-refractivity contribution < 1.29 is 17.6 Å². The standard InChI is InChI=1S/C12H15F4N/c1-3-11(17-4-2)9-7-8(13)5-6-10(9)12(14,15)16/h5-7,11,17H,3-4H2,1-2H3. The molecule has 0 aliphatic heterocycles. The zero-order valence-corrected chi connectivity index (χ0v) is 9.74. The normalized spacial score (nSPS) is 13.8. The Morgan fingerprint density at radius 2 is 1.88 bits per heavy atom. The molecule has 0 saturated heterocycles. The van der Waals surface area contributed by atoms with E-state index in [1.54, 1.807) is 13.8 Å². The Morgan fingerprint density at radius 1 is 1.24 bits per heavy atom. The monoisotopic (exact) mass is 249 g/mol. The van der Waals surface area contributed by atoms with Gasteiger partial charge in [0.25, 0.3) is 0 Å². The van der Waals surface area contributed by atoms with Crippen LogP contribution in [-0.2, 0) is 6.18 Å². The van der Waals surface area contributed by atoms with Crippen molar-refractivity contribution in [1.82, 2.24) is 5.32 Å². The van der Waals surface area contributed by atoms with Gasteiger partial charge in [-0.3, -0.25) is 0 Å². The molecule has 1 N–H and O–H groups in total. The lowest BCUT2D eigenvalue weighted by molar-refractivity contribution is -0.138. The maximum absolute atomic E-state index is 13.1. The minimum Gasteiger partial charge on any atom is -0.310 e. The quantitative estimate of drug-likeness (QED) is 0.798. The lowest BCUT2D eigenvalue weighted by Crippen LogP contribution is -2.23. The summed E-state index contributed by atoms with van der Waals surface area (Å²) in [5.74, 6) is -0.649. The van der Waals surface area contributed by atoms with Gasteiger partial charge in [-0.25, -0.2) is 4.39 Å². The van der Waals surface area contributed by atoms with E-state index in [0.717, 1.165) is 18.2 Å². The Labute approximate surface area is 97.8 Å².